The van der Waals surface area contributed by atoms with Crippen molar-refractivity contribution in [2.24, 2.45) is 0 Å². The molecule has 0 aliphatic heterocycles. The van der Waals surface area contributed by atoms with Crippen molar-refractivity contribution in [3.05, 3.63) is 22.8 Å². The molecule has 0 saturated carbocycles. The predicted octanol–water partition coefficient (Wildman–Crippen LogP) is 0.761. The van der Waals surface area contributed by atoms with Crippen molar-refractivity contribution in [2.75, 3.05) is 7.05 Å². The van der Waals surface area contributed by atoms with Gasteiger partial charge in [-0.2, -0.15) is 0 Å². The maximum atomic E-state index is 11.3. The van der Waals surface area contributed by atoms with Crippen LogP contribution in [0.2, 0.25) is 0 Å². The molecule has 4 heteroatoms. The highest BCUT2D eigenvalue weighted by atomic mass is 16.1. The Morgan fingerprint density at radius 2 is 1.62 bits per heavy atom. The van der Waals surface area contributed by atoms with E-state index in [1.54, 1.807) is 14.0 Å². The third-order valence-electron chi connectivity index (χ3n) is 1.92. The van der Waals surface area contributed by atoms with E-state index >= 15 is 0 Å². The minimum Gasteiger partial charge on any atom is -0.354 e. The molecule has 1 N–H and O–H groups in total. The van der Waals surface area contributed by atoms with Gasteiger partial charge >= 0.3 is 0 Å². The SMILES string of the molecule is CNC(=O)c1nc(C)c(C)nc1C. The highest BCUT2D eigenvalue weighted by Crippen LogP contribution is 2.06. The fraction of sp³-hybridized carbons (Fsp3) is 0.444. The van der Waals surface area contributed by atoms with E-state index in [4.69, 9.17) is 0 Å². The lowest BCUT2D eigenvalue weighted by Crippen LogP contribution is -2.21. The summed E-state index contributed by atoms with van der Waals surface area (Å²) in [5.41, 5.74) is 2.74. The average molecular weight is 179 g/mol. The van der Waals surface area contributed by atoms with Crippen molar-refractivity contribution in [3.8, 4) is 0 Å². The number of nitrogens with one attached hydrogen (secondary N) is 1. The molecule has 1 aromatic rings. The van der Waals surface area contributed by atoms with Gasteiger partial charge in [0.25, 0.3) is 5.91 Å². The van der Waals surface area contributed by atoms with E-state index in [0.29, 0.717) is 11.4 Å². The molecule has 0 bridgehead atoms. The zero-order chi connectivity index (χ0) is 10.0. The van der Waals surface area contributed by atoms with Gasteiger partial charge in [0.1, 0.15) is 5.69 Å². The van der Waals surface area contributed by atoms with Crippen molar-refractivity contribution in [2.45, 2.75) is 20.8 Å². The smallest absolute Gasteiger partial charge is 0.271 e. The Hall–Kier alpha value is -1.45. The van der Waals surface area contributed by atoms with Crippen LogP contribution in [-0.2, 0) is 0 Å². The van der Waals surface area contributed by atoms with Crippen LogP contribution in [-0.4, -0.2) is 22.9 Å². The van der Waals surface area contributed by atoms with Crippen LogP contribution in [0.3, 0.4) is 0 Å². The van der Waals surface area contributed by atoms with Gasteiger partial charge in [-0.05, 0) is 20.8 Å². The molecule has 0 unspecified atom stereocenters. The zero-order valence-electron chi connectivity index (χ0n) is 8.30. The molecule has 0 spiro atoms. The zero-order valence-corrected chi connectivity index (χ0v) is 8.30. The maximum absolute atomic E-state index is 11.3. The standard InChI is InChI=1S/C9H13N3O/c1-5-6(2)12-8(7(3)11-5)9(13)10-4/h1-4H3,(H,10,13). The third-order valence-corrected chi connectivity index (χ3v) is 1.92. The minimum atomic E-state index is -0.187. The Morgan fingerprint density at radius 1 is 1.08 bits per heavy atom. The number of carbonyl (C=O) groups is 1. The first-order valence-corrected chi connectivity index (χ1v) is 4.10. The molecule has 1 heterocycles. The Bertz CT molecular complexity index is 347. The van der Waals surface area contributed by atoms with Crippen LogP contribution in [0.25, 0.3) is 0 Å². The second-order valence-electron chi connectivity index (χ2n) is 2.91. The van der Waals surface area contributed by atoms with Crippen LogP contribution in [0.5, 0.6) is 0 Å². The summed E-state index contributed by atoms with van der Waals surface area (Å²) in [6.45, 7) is 5.50. The van der Waals surface area contributed by atoms with E-state index < -0.39 is 0 Å². The van der Waals surface area contributed by atoms with Crippen LogP contribution in [0.4, 0.5) is 0 Å². The van der Waals surface area contributed by atoms with Crippen molar-refractivity contribution in [1.82, 2.24) is 15.3 Å². The summed E-state index contributed by atoms with van der Waals surface area (Å²) < 4.78 is 0. The maximum Gasteiger partial charge on any atom is 0.271 e. The highest BCUT2D eigenvalue weighted by molar-refractivity contribution is 5.93. The van der Waals surface area contributed by atoms with Gasteiger partial charge in [-0.25, -0.2) is 4.98 Å². The summed E-state index contributed by atoms with van der Waals surface area (Å²) in [7, 11) is 1.58. The van der Waals surface area contributed by atoms with E-state index in [1.165, 1.54) is 0 Å². The van der Waals surface area contributed by atoms with Crippen molar-refractivity contribution >= 4 is 5.91 Å². The van der Waals surface area contributed by atoms with Gasteiger partial charge in [0.05, 0.1) is 17.1 Å². The van der Waals surface area contributed by atoms with Crippen LogP contribution in [0.15, 0.2) is 0 Å². The molecule has 1 amide bonds. The van der Waals surface area contributed by atoms with Gasteiger partial charge in [-0.3, -0.25) is 9.78 Å². The second-order valence-corrected chi connectivity index (χ2v) is 2.91. The van der Waals surface area contributed by atoms with Gasteiger partial charge in [0.15, 0.2) is 0 Å². The number of aryl methyl sites for hydroxylation is 3. The molecule has 70 valence electrons. The molecular formula is C9H13N3O. The molecule has 0 fully saturated rings. The number of carbonyl (C=O) groups excluding carboxylic acids is 1. The molecular weight excluding hydrogens is 166 g/mol. The predicted molar refractivity (Wildman–Crippen MR) is 49.6 cm³/mol. The Morgan fingerprint density at radius 3 is 2.15 bits per heavy atom. The third kappa shape index (κ3) is 1.83. The van der Waals surface area contributed by atoms with Crippen molar-refractivity contribution in [1.29, 1.82) is 0 Å². The molecule has 0 atom stereocenters. The first-order valence-electron chi connectivity index (χ1n) is 4.10. The van der Waals surface area contributed by atoms with Gasteiger partial charge < -0.3 is 5.32 Å². The summed E-state index contributed by atoms with van der Waals surface area (Å²) in [4.78, 5) is 19.7. The number of hydrogen-bond donors (Lipinski definition) is 1. The molecule has 0 aromatic carbocycles. The van der Waals surface area contributed by atoms with Gasteiger partial charge in [-0.1, -0.05) is 0 Å². The Balaban J connectivity index is 3.23. The molecule has 13 heavy (non-hydrogen) atoms. The first kappa shape index (κ1) is 9.64. The summed E-state index contributed by atoms with van der Waals surface area (Å²) in [6.07, 6.45) is 0. The minimum absolute atomic E-state index is 0.187. The Kier molecular flexibility index (Phi) is 2.60. The highest BCUT2D eigenvalue weighted by Gasteiger charge is 2.11. The number of aromatic nitrogens is 2. The van der Waals surface area contributed by atoms with Gasteiger partial charge in [0, 0.05) is 7.05 Å². The van der Waals surface area contributed by atoms with Crippen molar-refractivity contribution in [3.63, 3.8) is 0 Å². The fourth-order valence-corrected chi connectivity index (χ4v) is 1.05. The van der Waals surface area contributed by atoms with Crippen LogP contribution in [0.1, 0.15) is 27.6 Å². The lowest BCUT2D eigenvalue weighted by Gasteiger charge is -2.05. The number of rotatable bonds is 1. The van der Waals surface area contributed by atoms with E-state index in [9.17, 15) is 4.79 Å². The summed E-state index contributed by atoms with van der Waals surface area (Å²) in [6, 6.07) is 0. The van der Waals surface area contributed by atoms with Crippen LogP contribution < -0.4 is 5.32 Å². The molecule has 0 aliphatic rings. The number of amides is 1. The lowest BCUT2D eigenvalue weighted by atomic mass is 10.2. The number of hydrogen-bond acceptors (Lipinski definition) is 3. The molecule has 0 aliphatic carbocycles. The van der Waals surface area contributed by atoms with Crippen LogP contribution >= 0.6 is 0 Å². The molecule has 0 saturated heterocycles. The second kappa shape index (κ2) is 3.51. The summed E-state index contributed by atoms with van der Waals surface area (Å²) in [5, 5.41) is 2.53. The summed E-state index contributed by atoms with van der Waals surface area (Å²) in [5.74, 6) is -0.187. The van der Waals surface area contributed by atoms with Gasteiger partial charge in [-0.15, -0.1) is 0 Å². The normalized spacial score (nSPS) is 9.85. The molecule has 1 rings (SSSR count). The van der Waals surface area contributed by atoms with E-state index in [0.717, 1.165) is 11.4 Å². The van der Waals surface area contributed by atoms with E-state index in [-0.39, 0.29) is 5.91 Å². The van der Waals surface area contributed by atoms with Crippen LogP contribution in [0, 0.1) is 20.8 Å². The Labute approximate surface area is 77.4 Å². The molecule has 4 nitrogen and oxygen atoms in total. The van der Waals surface area contributed by atoms with Gasteiger partial charge in [0.2, 0.25) is 0 Å². The number of nitrogens with zero attached hydrogens (tertiary/aromatic N) is 2. The lowest BCUT2D eigenvalue weighted by molar-refractivity contribution is 0.0956. The first-order chi connectivity index (χ1) is 6.06. The summed E-state index contributed by atoms with van der Waals surface area (Å²) >= 11 is 0. The van der Waals surface area contributed by atoms with Crippen molar-refractivity contribution < 1.29 is 4.79 Å². The molecule has 1 aromatic heterocycles. The van der Waals surface area contributed by atoms with E-state index in [1.807, 2.05) is 13.8 Å². The molecule has 0 radical (unpaired) electrons. The van der Waals surface area contributed by atoms with E-state index in [2.05, 4.69) is 15.3 Å². The monoisotopic (exact) mass is 179 g/mol. The topological polar surface area (TPSA) is 54.9 Å². The largest absolute Gasteiger partial charge is 0.354 e. The quantitative estimate of drug-likeness (QED) is 0.692. The fourth-order valence-electron chi connectivity index (χ4n) is 1.05. The average Bonchev–Trinajstić information content (AvgIpc) is 2.10.